The van der Waals surface area contributed by atoms with Crippen molar-refractivity contribution in [1.82, 2.24) is 10.2 Å². The van der Waals surface area contributed by atoms with E-state index in [0.29, 0.717) is 6.04 Å². The minimum atomic E-state index is 0.461. The van der Waals surface area contributed by atoms with Crippen molar-refractivity contribution in [3.63, 3.8) is 0 Å². The SMILES string of the molecule is CCc1ccc(C(CSCCN(C)C)NC)cc1. The molecule has 1 N–H and O–H groups in total. The molecule has 0 saturated carbocycles. The van der Waals surface area contributed by atoms with Gasteiger partial charge in [0.15, 0.2) is 0 Å². The maximum Gasteiger partial charge on any atom is 0.0409 e. The number of hydrogen-bond donors (Lipinski definition) is 1. The maximum atomic E-state index is 3.41. The Morgan fingerprint density at radius 2 is 1.89 bits per heavy atom. The Morgan fingerprint density at radius 3 is 2.39 bits per heavy atom. The summed E-state index contributed by atoms with van der Waals surface area (Å²) in [5.74, 6) is 2.33. The van der Waals surface area contributed by atoms with Gasteiger partial charge in [0.1, 0.15) is 0 Å². The molecule has 2 nitrogen and oxygen atoms in total. The molecule has 1 aromatic carbocycles. The molecule has 0 aromatic heterocycles. The monoisotopic (exact) mass is 266 g/mol. The van der Waals surface area contributed by atoms with Crippen LogP contribution in [0.1, 0.15) is 24.1 Å². The van der Waals surface area contributed by atoms with E-state index in [1.54, 1.807) is 0 Å². The van der Waals surface area contributed by atoms with Crippen molar-refractivity contribution in [2.45, 2.75) is 19.4 Å². The van der Waals surface area contributed by atoms with Crippen LogP contribution < -0.4 is 5.32 Å². The predicted octanol–water partition coefficient (Wildman–Crippen LogP) is 2.80. The Morgan fingerprint density at radius 1 is 1.22 bits per heavy atom. The zero-order valence-corrected chi connectivity index (χ0v) is 12.9. The van der Waals surface area contributed by atoms with Crippen LogP contribution in [0.25, 0.3) is 0 Å². The number of hydrogen-bond acceptors (Lipinski definition) is 3. The number of benzene rings is 1. The summed E-state index contributed by atoms with van der Waals surface area (Å²) in [7, 11) is 6.30. The molecule has 0 fully saturated rings. The average Bonchev–Trinajstić information content (AvgIpc) is 2.39. The second kappa shape index (κ2) is 8.57. The molecule has 1 atom stereocenters. The molecule has 0 saturated heterocycles. The maximum absolute atomic E-state index is 3.41. The Balaban J connectivity index is 2.44. The van der Waals surface area contributed by atoms with Gasteiger partial charge in [-0.25, -0.2) is 0 Å². The molecule has 1 aromatic rings. The van der Waals surface area contributed by atoms with E-state index in [4.69, 9.17) is 0 Å². The summed E-state index contributed by atoms with van der Waals surface area (Å²) in [5.41, 5.74) is 2.81. The van der Waals surface area contributed by atoms with Crippen molar-refractivity contribution in [2.24, 2.45) is 0 Å². The Bertz CT molecular complexity index is 322. The molecule has 1 unspecified atom stereocenters. The van der Waals surface area contributed by atoms with Crippen molar-refractivity contribution < 1.29 is 0 Å². The second-order valence-electron chi connectivity index (χ2n) is 4.81. The van der Waals surface area contributed by atoms with Crippen molar-refractivity contribution in [1.29, 1.82) is 0 Å². The Hall–Kier alpha value is -0.510. The fraction of sp³-hybridized carbons (Fsp3) is 0.600. The highest BCUT2D eigenvalue weighted by atomic mass is 32.2. The molecule has 3 heteroatoms. The summed E-state index contributed by atoms with van der Waals surface area (Å²) in [6.45, 7) is 3.34. The molecular formula is C15H26N2S. The summed E-state index contributed by atoms with van der Waals surface area (Å²) >= 11 is 2.01. The van der Waals surface area contributed by atoms with Gasteiger partial charge >= 0.3 is 0 Å². The average molecular weight is 266 g/mol. The summed E-state index contributed by atoms with van der Waals surface area (Å²) in [6.07, 6.45) is 1.11. The minimum Gasteiger partial charge on any atom is -0.312 e. The highest BCUT2D eigenvalue weighted by Crippen LogP contribution is 2.18. The van der Waals surface area contributed by atoms with Gasteiger partial charge in [0.05, 0.1) is 0 Å². The van der Waals surface area contributed by atoms with E-state index in [0.717, 1.165) is 18.7 Å². The van der Waals surface area contributed by atoms with Crippen LogP contribution in [0.2, 0.25) is 0 Å². The van der Waals surface area contributed by atoms with Crippen molar-refractivity contribution in [3.8, 4) is 0 Å². The lowest BCUT2D eigenvalue weighted by atomic mass is 10.1. The van der Waals surface area contributed by atoms with Crippen molar-refractivity contribution in [3.05, 3.63) is 35.4 Å². The van der Waals surface area contributed by atoms with E-state index < -0.39 is 0 Å². The third kappa shape index (κ3) is 5.42. The number of aryl methyl sites for hydroxylation is 1. The molecule has 0 aliphatic heterocycles. The van der Waals surface area contributed by atoms with Gasteiger partial charge in [-0.3, -0.25) is 0 Å². The van der Waals surface area contributed by atoms with Crippen LogP contribution in [0.15, 0.2) is 24.3 Å². The molecule has 1 rings (SSSR count). The first kappa shape index (κ1) is 15.5. The quantitative estimate of drug-likeness (QED) is 0.728. The zero-order valence-electron chi connectivity index (χ0n) is 12.1. The van der Waals surface area contributed by atoms with Gasteiger partial charge in [-0.15, -0.1) is 0 Å². The summed E-state index contributed by atoms with van der Waals surface area (Å²) in [6, 6.07) is 9.45. The van der Waals surface area contributed by atoms with E-state index in [2.05, 4.69) is 55.5 Å². The number of nitrogens with zero attached hydrogens (tertiary/aromatic N) is 1. The lowest BCUT2D eigenvalue weighted by molar-refractivity contribution is 0.437. The fourth-order valence-electron chi connectivity index (χ4n) is 1.78. The standard InChI is InChI=1S/C15H26N2S/c1-5-13-6-8-14(9-7-13)15(16-2)12-18-11-10-17(3)4/h6-9,15-16H,5,10-12H2,1-4H3. The first-order valence-electron chi connectivity index (χ1n) is 6.66. The van der Waals surface area contributed by atoms with Crippen LogP contribution >= 0.6 is 11.8 Å². The lowest BCUT2D eigenvalue weighted by Gasteiger charge is -2.17. The molecule has 0 heterocycles. The summed E-state index contributed by atoms with van der Waals surface area (Å²) < 4.78 is 0. The van der Waals surface area contributed by atoms with Gasteiger partial charge in [-0.2, -0.15) is 11.8 Å². The minimum absolute atomic E-state index is 0.461. The second-order valence-corrected chi connectivity index (χ2v) is 5.96. The highest BCUT2D eigenvalue weighted by Gasteiger charge is 2.08. The smallest absolute Gasteiger partial charge is 0.0409 e. The van der Waals surface area contributed by atoms with E-state index in [-0.39, 0.29) is 0 Å². The predicted molar refractivity (Wildman–Crippen MR) is 83.5 cm³/mol. The lowest BCUT2D eigenvalue weighted by Crippen LogP contribution is -2.20. The van der Waals surface area contributed by atoms with Crippen LogP contribution in [-0.2, 0) is 6.42 Å². The largest absolute Gasteiger partial charge is 0.312 e. The summed E-state index contributed by atoms with van der Waals surface area (Å²) in [4.78, 5) is 2.23. The topological polar surface area (TPSA) is 15.3 Å². The van der Waals surface area contributed by atoms with Gasteiger partial charge in [0.25, 0.3) is 0 Å². The summed E-state index contributed by atoms with van der Waals surface area (Å²) in [5, 5.41) is 3.41. The van der Waals surface area contributed by atoms with Crippen molar-refractivity contribution in [2.75, 3.05) is 39.2 Å². The van der Waals surface area contributed by atoms with Gasteiger partial charge in [-0.1, -0.05) is 31.2 Å². The number of thioether (sulfide) groups is 1. The van der Waals surface area contributed by atoms with Crippen LogP contribution in [0.3, 0.4) is 0 Å². The third-order valence-corrected chi connectivity index (χ3v) is 4.15. The third-order valence-electron chi connectivity index (χ3n) is 3.11. The molecule has 0 aliphatic rings. The molecule has 0 aliphatic carbocycles. The first-order chi connectivity index (χ1) is 8.67. The van der Waals surface area contributed by atoms with Gasteiger partial charge < -0.3 is 10.2 Å². The zero-order chi connectivity index (χ0) is 13.4. The molecule has 0 spiro atoms. The van der Waals surface area contributed by atoms with Gasteiger partial charge in [0.2, 0.25) is 0 Å². The molecule has 18 heavy (non-hydrogen) atoms. The van der Waals surface area contributed by atoms with E-state index >= 15 is 0 Å². The van der Waals surface area contributed by atoms with E-state index in [1.165, 1.54) is 16.9 Å². The Labute approximate surface area is 116 Å². The van der Waals surface area contributed by atoms with Crippen LogP contribution in [-0.4, -0.2) is 44.1 Å². The molecule has 0 amide bonds. The molecule has 0 bridgehead atoms. The normalized spacial score (nSPS) is 12.9. The van der Waals surface area contributed by atoms with Gasteiger partial charge in [-0.05, 0) is 38.7 Å². The number of nitrogens with one attached hydrogen (secondary N) is 1. The number of rotatable bonds is 8. The van der Waals surface area contributed by atoms with Crippen LogP contribution in [0.4, 0.5) is 0 Å². The first-order valence-corrected chi connectivity index (χ1v) is 7.81. The highest BCUT2D eigenvalue weighted by molar-refractivity contribution is 7.99. The van der Waals surface area contributed by atoms with Crippen LogP contribution in [0.5, 0.6) is 0 Å². The molecule has 102 valence electrons. The van der Waals surface area contributed by atoms with Crippen LogP contribution in [0, 0.1) is 0 Å². The Kier molecular flexibility index (Phi) is 7.40. The molecular weight excluding hydrogens is 240 g/mol. The van der Waals surface area contributed by atoms with E-state index in [1.807, 2.05) is 18.8 Å². The molecule has 0 radical (unpaired) electrons. The van der Waals surface area contributed by atoms with Crippen molar-refractivity contribution >= 4 is 11.8 Å². The fourth-order valence-corrected chi connectivity index (χ4v) is 3.04. The van der Waals surface area contributed by atoms with E-state index in [9.17, 15) is 0 Å². The van der Waals surface area contributed by atoms with Gasteiger partial charge in [0, 0.05) is 24.1 Å².